The molecule has 1 amide bonds. The van der Waals surface area contributed by atoms with Crippen LogP contribution >= 0.6 is 11.6 Å². The summed E-state index contributed by atoms with van der Waals surface area (Å²) in [6, 6.07) is 1.61. The molecule has 2 rings (SSSR count). The Morgan fingerprint density at radius 3 is 2.91 bits per heavy atom. The van der Waals surface area contributed by atoms with Crippen molar-refractivity contribution in [3.8, 4) is 5.88 Å². The van der Waals surface area contributed by atoms with Gasteiger partial charge in [-0.2, -0.15) is 0 Å². The summed E-state index contributed by atoms with van der Waals surface area (Å²) in [6.45, 7) is 6.22. The molecule has 1 aliphatic heterocycles. The zero-order valence-electron chi connectivity index (χ0n) is 13.1. The number of nitrogens with zero attached hydrogens (tertiary/aromatic N) is 1. The Labute approximate surface area is 136 Å². The maximum Gasteiger partial charge on any atom is 0.252 e. The quantitative estimate of drug-likeness (QED) is 0.872. The fourth-order valence-corrected chi connectivity index (χ4v) is 2.31. The molecular formula is C16H23ClN2O3. The monoisotopic (exact) mass is 326 g/mol. The minimum Gasteiger partial charge on any atom is -0.473 e. The standard InChI is InChI=1S/C16H23ClN2O3/c1-3-11(2)9-18-15(20)12-8-14(17)16(19-10-12)22-13-4-6-21-7-5-13/h8,10-11,13H,3-7,9H2,1-2H3,(H,18,20). The van der Waals surface area contributed by atoms with Crippen molar-refractivity contribution in [3.63, 3.8) is 0 Å². The van der Waals surface area contributed by atoms with Crippen molar-refractivity contribution in [2.75, 3.05) is 19.8 Å². The fraction of sp³-hybridized carbons (Fsp3) is 0.625. The van der Waals surface area contributed by atoms with Gasteiger partial charge in [-0.1, -0.05) is 31.9 Å². The predicted molar refractivity (Wildman–Crippen MR) is 85.5 cm³/mol. The van der Waals surface area contributed by atoms with Crippen molar-refractivity contribution in [2.45, 2.75) is 39.2 Å². The van der Waals surface area contributed by atoms with Crippen molar-refractivity contribution < 1.29 is 14.3 Å². The molecule has 0 saturated carbocycles. The number of nitrogens with one attached hydrogen (secondary N) is 1. The summed E-state index contributed by atoms with van der Waals surface area (Å²) >= 11 is 6.18. The highest BCUT2D eigenvalue weighted by atomic mass is 35.5. The van der Waals surface area contributed by atoms with Crippen molar-refractivity contribution in [3.05, 3.63) is 22.8 Å². The number of carbonyl (C=O) groups excluding carboxylic acids is 1. The highest BCUT2D eigenvalue weighted by molar-refractivity contribution is 6.32. The minimum absolute atomic E-state index is 0.0730. The number of rotatable bonds is 6. The second-order valence-corrected chi connectivity index (χ2v) is 6.07. The SMILES string of the molecule is CCC(C)CNC(=O)c1cnc(OC2CCOCC2)c(Cl)c1. The van der Waals surface area contributed by atoms with Gasteiger partial charge in [0.2, 0.25) is 5.88 Å². The van der Waals surface area contributed by atoms with Crippen LogP contribution in [0.3, 0.4) is 0 Å². The van der Waals surface area contributed by atoms with Gasteiger partial charge in [0.25, 0.3) is 5.91 Å². The molecule has 0 aromatic carbocycles. The van der Waals surface area contributed by atoms with Gasteiger partial charge in [0.1, 0.15) is 11.1 Å². The van der Waals surface area contributed by atoms with Crippen molar-refractivity contribution >= 4 is 17.5 Å². The third-order valence-electron chi connectivity index (χ3n) is 3.82. The van der Waals surface area contributed by atoms with Crippen LogP contribution in [0.25, 0.3) is 0 Å². The van der Waals surface area contributed by atoms with Crippen LogP contribution in [0.5, 0.6) is 5.88 Å². The van der Waals surface area contributed by atoms with E-state index in [0.29, 0.717) is 42.1 Å². The van der Waals surface area contributed by atoms with Crippen LogP contribution in [0.4, 0.5) is 0 Å². The number of pyridine rings is 1. The fourth-order valence-electron chi connectivity index (χ4n) is 2.10. The lowest BCUT2D eigenvalue weighted by atomic mass is 10.1. The van der Waals surface area contributed by atoms with Gasteiger partial charge in [-0.15, -0.1) is 0 Å². The van der Waals surface area contributed by atoms with Gasteiger partial charge >= 0.3 is 0 Å². The summed E-state index contributed by atoms with van der Waals surface area (Å²) in [5, 5.41) is 3.25. The maximum atomic E-state index is 12.1. The number of hydrogen-bond donors (Lipinski definition) is 1. The minimum atomic E-state index is -0.160. The predicted octanol–water partition coefficient (Wildman–Crippen LogP) is 3.07. The number of ether oxygens (including phenoxy) is 2. The first-order chi connectivity index (χ1) is 10.6. The van der Waals surface area contributed by atoms with Gasteiger partial charge in [0.15, 0.2) is 0 Å². The average Bonchev–Trinajstić information content (AvgIpc) is 2.55. The second-order valence-electron chi connectivity index (χ2n) is 5.66. The van der Waals surface area contributed by atoms with E-state index in [-0.39, 0.29) is 12.0 Å². The smallest absolute Gasteiger partial charge is 0.252 e. The van der Waals surface area contributed by atoms with Crippen LogP contribution in [0.2, 0.25) is 5.02 Å². The summed E-state index contributed by atoms with van der Waals surface area (Å²) in [4.78, 5) is 16.2. The summed E-state index contributed by atoms with van der Waals surface area (Å²) in [7, 11) is 0. The molecule has 1 aromatic rings. The molecule has 1 atom stereocenters. The van der Waals surface area contributed by atoms with Gasteiger partial charge in [-0.3, -0.25) is 4.79 Å². The van der Waals surface area contributed by atoms with E-state index < -0.39 is 0 Å². The third kappa shape index (κ3) is 4.85. The molecule has 22 heavy (non-hydrogen) atoms. The highest BCUT2D eigenvalue weighted by Gasteiger charge is 2.18. The lowest BCUT2D eigenvalue weighted by molar-refractivity contribution is 0.0238. The number of hydrogen-bond acceptors (Lipinski definition) is 4. The van der Waals surface area contributed by atoms with Crippen molar-refractivity contribution in [1.29, 1.82) is 0 Å². The van der Waals surface area contributed by atoms with Crippen LogP contribution < -0.4 is 10.1 Å². The van der Waals surface area contributed by atoms with Crippen molar-refractivity contribution in [1.82, 2.24) is 10.3 Å². The van der Waals surface area contributed by atoms with Gasteiger partial charge in [-0.05, 0) is 12.0 Å². The Morgan fingerprint density at radius 1 is 1.55 bits per heavy atom. The van der Waals surface area contributed by atoms with E-state index >= 15 is 0 Å². The number of aromatic nitrogens is 1. The molecular weight excluding hydrogens is 304 g/mol. The first-order valence-corrected chi connectivity index (χ1v) is 8.16. The molecule has 0 bridgehead atoms. The second kappa shape index (κ2) is 8.34. The topological polar surface area (TPSA) is 60.5 Å². The Balaban J connectivity index is 1.94. The molecule has 1 unspecified atom stereocenters. The van der Waals surface area contributed by atoms with Crippen LogP contribution in [-0.4, -0.2) is 36.8 Å². The van der Waals surface area contributed by atoms with Crippen LogP contribution in [0, 0.1) is 5.92 Å². The molecule has 0 spiro atoms. The lowest BCUT2D eigenvalue weighted by Crippen LogP contribution is -2.28. The molecule has 1 fully saturated rings. The maximum absolute atomic E-state index is 12.1. The van der Waals surface area contributed by atoms with E-state index in [4.69, 9.17) is 21.1 Å². The molecule has 2 heterocycles. The number of halogens is 1. The van der Waals surface area contributed by atoms with Crippen molar-refractivity contribution in [2.24, 2.45) is 5.92 Å². The Kier molecular flexibility index (Phi) is 6.46. The van der Waals surface area contributed by atoms with E-state index in [1.807, 2.05) is 0 Å². The van der Waals surface area contributed by atoms with Crippen LogP contribution in [0.1, 0.15) is 43.5 Å². The molecule has 1 aliphatic rings. The molecule has 122 valence electrons. The summed E-state index contributed by atoms with van der Waals surface area (Å²) < 4.78 is 11.1. The number of carbonyl (C=O) groups is 1. The highest BCUT2D eigenvalue weighted by Crippen LogP contribution is 2.25. The molecule has 0 radical (unpaired) electrons. The normalized spacial score (nSPS) is 17.0. The lowest BCUT2D eigenvalue weighted by Gasteiger charge is -2.23. The Hall–Kier alpha value is -1.33. The molecule has 0 aliphatic carbocycles. The van der Waals surface area contributed by atoms with Crippen LogP contribution in [-0.2, 0) is 4.74 Å². The summed E-state index contributed by atoms with van der Waals surface area (Å²) in [5.74, 6) is 0.669. The molecule has 5 nitrogen and oxygen atoms in total. The van der Waals surface area contributed by atoms with E-state index in [2.05, 4.69) is 24.1 Å². The first kappa shape index (κ1) is 17.0. The van der Waals surface area contributed by atoms with Gasteiger partial charge < -0.3 is 14.8 Å². The first-order valence-electron chi connectivity index (χ1n) is 7.78. The average molecular weight is 327 g/mol. The summed E-state index contributed by atoms with van der Waals surface area (Å²) in [5.41, 5.74) is 0.452. The van der Waals surface area contributed by atoms with Gasteiger partial charge in [-0.25, -0.2) is 4.98 Å². The van der Waals surface area contributed by atoms with E-state index in [0.717, 1.165) is 19.3 Å². The van der Waals surface area contributed by atoms with E-state index in [9.17, 15) is 4.79 Å². The van der Waals surface area contributed by atoms with E-state index in [1.54, 1.807) is 6.07 Å². The third-order valence-corrected chi connectivity index (χ3v) is 4.10. The largest absolute Gasteiger partial charge is 0.473 e. The van der Waals surface area contributed by atoms with Gasteiger partial charge in [0.05, 0.1) is 18.8 Å². The zero-order valence-corrected chi connectivity index (χ0v) is 13.9. The molecule has 1 saturated heterocycles. The van der Waals surface area contributed by atoms with Gasteiger partial charge in [0, 0.05) is 25.6 Å². The van der Waals surface area contributed by atoms with E-state index in [1.165, 1.54) is 6.20 Å². The zero-order chi connectivity index (χ0) is 15.9. The number of amides is 1. The Morgan fingerprint density at radius 2 is 2.27 bits per heavy atom. The summed E-state index contributed by atoms with van der Waals surface area (Å²) in [6.07, 6.45) is 4.26. The molecule has 1 aromatic heterocycles. The Bertz CT molecular complexity index is 504. The molecule has 6 heteroatoms. The molecule has 1 N–H and O–H groups in total. The van der Waals surface area contributed by atoms with Crippen LogP contribution in [0.15, 0.2) is 12.3 Å².